The van der Waals surface area contributed by atoms with E-state index >= 15 is 0 Å². The van der Waals surface area contributed by atoms with Crippen LogP contribution in [-0.4, -0.2) is 11.6 Å². The fraction of sp³-hybridized carbons (Fsp3) is 0.429. The van der Waals surface area contributed by atoms with Crippen molar-refractivity contribution in [2.24, 2.45) is 11.0 Å². The van der Waals surface area contributed by atoms with Gasteiger partial charge in [0.15, 0.2) is 0 Å². The third-order valence-corrected chi connectivity index (χ3v) is 3.01. The van der Waals surface area contributed by atoms with Gasteiger partial charge < -0.3 is 0 Å². The van der Waals surface area contributed by atoms with Crippen LogP contribution in [0.15, 0.2) is 35.4 Å². The van der Waals surface area contributed by atoms with E-state index in [0.29, 0.717) is 12.3 Å². The van der Waals surface area contributed by atoms with Crippen LogP contribution in [0, 0.1) is 5.92 Å². The van der Waals surface area contributed by atoms with Gasteiger partial charge in [-0.3, -0.25) is 4.79 Å². The van der Waals surface area contributed by atoms with E-state index in [9.17, 15) is 4.79 Å². The van der Waals surface area contributed by atoms with Gasteiger partial charge in [0.1, 0.15) is 0 Å². The molecule has 0 radical (unpaired) electrons. The molecule has 0 aromatic heterocycles. The summed E-state index contributed by atoms with van der Waals surface area (Å²) in [6.07, 6.45) is 3.70. The molecule has 1 aliphatic carbocycles. The average Bonchev–Trinajstić information content (AvgIpc) is 3.19. The molecule has 90 valence electrons. The first kappa shape index (κ1) is 11.8. The van der Waals surface area contributed by atoms with Crippen molar-refractivity contribution < 1.29 is 4.79 Å². The topological polar surface area (TPSA) is 41.5 Å². The number of rotatable bonds is 5. The van der Waals surface area contributed by atoms with Gasteiger partial charge in [-0.15, -0.1) is 0 Å². The van der Waals surface area contributed by atoms with Crippen LogP contribution >= 0.6 is 0 Å². The predicted molar refractivity (Wildman–Crippen MR) is 68.7 cm³/mol. The third-order valence-electron chi connectivity index (χ3n) is 3.01. The lowest BCUT2D eigenvalue weighted by Crippen LogP contribution is -2.19. The van der Waals surface area contributed by atoms with Gasteiger partial charge in [-0.1, -0.05) is 30.3 Å². The molecule has 17 heavy (non-hydrogen) atoms. The molecule has 0 aliphatic heterocycles. The Morgan fingerprint density at radius 1 is 1.35 bits per heavy atom. The molecule has 0 bridgehead atoms. The van der Waals surface area contributed by atoms with Gasteiger partial charge in [0.05, 0.1) is 0 Å². The molecule has 0 atom stereocenters. The zero-order valence-corrected chi connectivity index (χ0v) is 10.1. The van der Waals surface area contributed by atoms with E-state index in [0.717, 1.165) is 12.1 Å². The number of nitrogens with zero attached hydrogens (tertiary/aromatic N) is 1. The highest BCUT2D eigenvalue weighted by atomic mass is 16.2. The number of hydrazone groups is 1. The monoisotopic (exact) mass is 230 g/mol. The molecule has 3 heteroatoms. The molecule has 1 aromatic carbocycles. The van der Waals surface area contributed by atoms with Crippen molar-refractivity contribution in [2.75, 3.05) is 0 Å². The van der Waals surface area contributed by atoms with Crippen LogP contribution in [0.2, 0.25) is 0 Å². The average molecular weight is 230 g/mol. The summed E-state index contributed by atoms with van der Waals surface area (Å²) in [6.45, 7) is 1.98. The highest BCUT2D eigenvalue weighted by molar-refractivity contribution is 5.87. The van der Waals surface area contributed by atoms with Crippen molar-refractivity contribution in [3.8, 4) is 0 Å². The minimum absolute atomic E-state index is 0.00569. The van der Waals surface area contributed by atoms with Crippen molar-refractivity contribution in [1.82, 2.24) is 5.43 Å². The molecule has 3 nitrogen and oxygen atoms in total. The second-order valence-corrected chi connectivity index (χ2v) is 4.55. The van der Waals surface area contributed by atoms with E-state index in [1.807, 2.05) is 37.3 Å². The van der Waals surface area contributed by atoms with Crippen LogP contribution in [0.5, 0.6) is 0 Å². The van der Waals surface area contributed by atoms with Crippen LogP contribution in [-0.2, 0) is 11.2 Å². The van der Waals surface area contributed by atoms with Crippen molar-refractivity contribution in [3.63, 3.8) is 0 Å². The Morgan fingerprint density at radius 3 is 2.71 bits per heavy atom. The smallest absolute Gasteiger partial charge is 0.240 e. The van der Waals surface area contributed by atoms with Gasteiger partial charge >= 0.3 is 0 Å². The van der Waals surface area contributed by atoms with E-state index in [4.69, 9.17) is 0 Å². The first-order valence-corrected chi connectivity index (χ1v) is 6.12. The highest BCUT2D eigenvalue weighted by Gasteiger charge is 2.24. The molecule has 1 fully saturated rings. The quantitative estimate of drug-likeness (QED) is 0.613. The lowest BCUT2D eigenvalue weighted by atomic mass is 10.1. The summed E-state index contributed by atoms with van der Waals surface area (Å²) in [5, 5.41) is 4.12. The fourth-order valence-corrected chi connectivity index (χ4v) is 1.70. The van der Waals surface area contributed by atoms with Gasteiger partial charge in [-0.2, -0.15) is 5.10 Å². The van der Waals surface area contributed by atoms with Crippen LogP contribution in [0.3, 0.4) is 0 Å². The molecule has 1 aliphatic rings. The molecule has 2 rings (SSSR count). The Morgan fingerprint density at radius 2 is 2.06 bits per heavy atom. The largest absolute Gasteiger partial charge is 0.273 e. The maximum absolute atomic E-state index is 11.5. The molecule has 1 saturated carbocycles. The second-order valence-electron chi connectivity index (χ2n) is 4.55. The SMILES string of the molecule is C/C(=N/NC(=O)CCc1ccccc1)C1CC1. The molecule has 0 saturated heterocycles. The predicted octanol–water partition coefficient (Wildman–Crippen LogP) is 2.52. The molecule has 1 aromatic rings. The standard InChI is InChI=1S/C14H18N2O/c1-11(13-8-9-13)15-16-14(17)10-7-12-5-3-2-4-6-12/h2-6,13H,7-10H2,1H3,(H,16,17)/b15-11-. The maximum Gasteiger partial charge on any atom is 0.240 e. The van der Waals surface area contributed by atoms with E-state index in [-0.39, 0.29) is 5.91 Å². The Hall–Kier alpha value is -1.64. The third kappa shape index (κ3) is 4.02. The lowest BCUT2D eigenvalue weighted by molar-refractivity contribution is -0.121. The number of benzene rings is 1. The number of amides is 1. The molecule has 1 N–H and O–H groups in total. The molecule has 0 unspecified atom stereocenters. The van der Waals surface area contributed by atoms with Crippen molar-refractivity contribution in [3.05, 3.63) is 35.9 Å². The fourth-order valence-electron chi connectivity index (χ4n) is 1.70. The molecule has 1 amide bonds. The van der Waals surface area contributed by atoms with Crippen molar-refractivity contribution in [1.29, 1.82) is 0 Å². The summed E-state index contributed by atoms with van der Waals surface area (Å²) in [5.41, 5.74) is 4.86. The Kier molecular flexibility index (Phi) is 3.91. The highest BCUT2D eigenvalue weighted by Crippen LogP contribution is 2.30. The molecular weight excluding hydrogens is 212 g/mol. The molecular formula is C14H18N2O. The number of carbonyl (C=O) groups is 1. The summed E-state index contributed by atoms with van der Waals surface area (Å²) >= 11 is 0. The number of hydrogen-bond acceptors (Lipinski definition) is 2. The summed E-state index contributed by atoms with van der Waals surface area (Å²) in [7, 11) is 0. The number of aryl methyl sites for hydroxylation is 1. The van der Waals surface area contributed by atoms with Gasteiger partial charge in [0.25, 0.3) is 0 Å². The van der Waals surface area contributed by atoms with Crippen LogP contribution in [0.4, 0.5) is 0 Å². The van der Waals surface area contributed by atoms with Gasteiger partial charge in [0.2, 0.25) is 5.91 Å². The number of carbonyl (C=O) groups excluding carboxylic acids is 1. The molecule has 0 heterocycles. The van der Waals surface area contributed by atoms with Gasteiger partial charge in [-0.05, 0) is 37.7 Å². The second kappa shape index (κ2) is 5.62. The van der Waals surface area contributed by atoms with Crippen LogP contribution in [0.25, 0.3) is 0 Å². The minimum Gasteiger partial charge on any atom is -0.273 e. The Bertz CT molecular complexity index is 407. The van der Waals surface area contributed by atoms with E-state index in [1.54, 1.807) is 0 Å². The zero-order valence-electron chi connectivity index (χ0n) is 10.1. The summed E-state index contributed by atoms with van der Waals surface area (Å²) in [5.74, 6) is 0.610. The van der Waals surface area contributed by atoms with Gasteiger partial charge in [-0.25, -0.2) is 5.43 Å². The summed E-state index contributed by atoms with van der Waals surface area (Å²) in [6, 6.07) is 10.0. The lowest BCUT2D eigenvalue weighted by Gasteiger charge is -2.02. The first-order chi connectivity index (χ1) is 8.25. The normalized spacial score (nSPS) is 15.7. The number of nitrogens with one attached hydrogen (secondary N) is 1. The Balaban J connectivity index is 1.72. The summed E-state index contributed by atoms with van der Waals surface area (Å²) in [4.78, 5) is 11.5. The van der Waals surface area contributed by atoms with Gasteiger partial charge in [0, 0.05) is 12.1 Å². The van der Waals surface area contributed by atoms with E-state index in [2.05, 4.69) is 10.5 Å². The van der Waals surface area contributed by atoms with E-state index in [1.165, 1.54) is 18.4 Å². The first-order valence-electron chi connectivity index (χ1n) is 6.12. The Labute approximate surface area is 102 Å². The van der Waals surface area contributed by atoms with Crippen LogP contribution < -0.4 is 5.43 Å². The van der Waals surface area contributed by atoms with Crippen molar-refractivity contribution >= 4 is 11.6 Å². The molecule has 0 spiro atoms. The van der Waals surface area contributed by atoms with Crippen molar-refractivity contribution in [2.45, 2.75) is 32.6 Å². The van der Waals surface area contributed by atoms with Crippen LogP contribution in [0.1, 0.15) is 31.7 Å². The number of hydrogen-bond donors (Lipinski definition) is 1. The zero-order chi connectivity index (χ0) is 12.1. The minimum atomic E-state index is -0.00569. The van der Waals surface area contributed by atoms with E-state index < -0.39 is 0 Å². The maximum atomic E-state index is 11.5. The summed E-state index contributed by atoms with van der Waals surface area (Å²) < 4.78 is 0.